The topological polar surface area (TPSA) is 95.9 Å². The number of nitrogens with zero attached hydrogens (tertiary/aromatic N) is 1. The van der Waals surface area contributed by atoms with E-state index in [1.165, 1.54) is 0 Å². The number of carboxylic acids is 1. The van der Waals surface area contributed by atoms with Crippen LogP contribution in [0.25, 0.3) is 11.1 Å². The molecule has 0 saturated carbocycles. The highest BCUT2D eigenvalue weighted by atomic mass is 16.5. The van der Waals surface area contributed by atoms with E-state index < -0.39 is 23.6 Å². The molecule has 0 spiro atoms. The van der Waals surface area contributed by atoms with Crippen LogP contribution in [0.1, 0.15) is 56.1 Å². The predicted molar refractivity (Wildman–Crippen MR) is 122 cm³/mol. The maximum Gasteiger partial charge on any atom is 0.407 e. The third-order valence-corrected chi connectivity index (χ3v) is 7.46. The molecule has 1 aliphatic carbocycles. The van der Waals surface area contributed by atoms with Crippen molar-refractivity contribution >= 4 is 18.0 Å². The van der Waals surface area contributed by atoms with Gasteiger partial charge in [-0.15, -0.1) is 0 Å². The number of alkyl carbamates (subject to hydrolysis) is 1. The van der Waals surface area contributed by atoms with Crippen LogP contribution in [0.3, 0.4) is 0 Å². The maximum atomic E-state index is 12.9. The van der Waals surface area contributed by atoms with Crippen molar-refractivity contribution in [2.45, 2.75) is 62.6 Å². The van der Waals surface area contributed by atoms with Gasteiger partial charge in [0.05, 0.1) is 0 Å². The van der Waals surface area contributed by atoms with E-state index in [2.05, 4.69) is 29.6 Å². The summed E-state index contributed by atoms with van der Waals surface area (Å²) in [6, 6.07) is 15.8. The van der Waals surface area contributed by atoms with Gasteiger partial charge in [-0.2, -0.15) is 0 Å². The second-order valence-corrected chi connectivity index (χ2v) is 9.41. The number of fused-ring (bicyclic) bond motifs is 5. The molecule has 3 aliphatic rings. The third kappa shape index (κ3) is 3.56. The first-order valence-corrected chi connectivity index (χ1v) is 11.6. The van der Waals surface area contributed by atoms with Crippen molar-refractivity contribution in [1.29, 1.82) is 0 Å². The first-order valence-electron chi connectivity index (χ1n) is 11.6. The van der Waals surface area contributed by atoms with E-state index in [0.29, 0.717) is 12.8 Å². The average molecular weight is 449 g/mol. The van der Waals surface area contributed by atoms with Crippen molar-refractivity contribution in [3.8, 4) is 11.1 Å². The molecule has 2 aliphatic heterocycles. The number of nitrogens with one attached hydrogen (secondary N) is 1. The zero-order valence-corrected chi connectivity index (χ0v) is 18.6. The Morgan fingerprint density at radius 1 is 1.06 bits per heavy atom. The number of carbonyl (C=O) groups excluding carboxylic acids is 2. The van der Waals surface area contributed by atoms with Gasteiger partial charge in [0.2, 0.25) is 5.91 Å². The van der Waals surface area contributed by atoms with Crippen LogP contribution in [-0.2, 0) is 14.3 Å². The normalized spacial score (nSPS) is 23.7. The van der Waals surface area contributed by atoms with Gasteiger partial charge in [-0.25, -0.2) is 9.59 Å². The highest BCUT2D eigenvalue weighted by molar-refractivity contribution is 5.89. The van der Waals surface area contributed by atoms with Gasteiger partial charge in [0.15, 0.2) is 0 Å². The molecule has 2 amide bonds. The number of carbonyl (C=O) groups is 3. The van der Waals surface area contributed by atoms with Crippen molar-refractivity contribution < 1.29 is 24.2 Å². The molecule has 2 heterocycles. The molecule has 0 radical (unpaired) electrons. The van der Waals surface area contributed by atoms with Crippen LogP contribution in [-0.4, -0.2) is 52.2 Å². The highest BCUT2D eigenvalue weighted by Gasteiger charge is 2.58. The van der Waals surface area contributed by atoms with Crippen molar-refractivity contribution in [2.24, 2.45) is 0 Å². The first-order chi connectivity index (χ1) is 15.9. The van der Waals surface area contributed by atoms with E-state index in [1.807, 2.05) is 24.3 Å². The standard InChI is InChI=1S/C26H28N2O5/c1-16(14-23(29)28-17-10-12-26(28,13-11-17)24(30)31)27-25(32)33-15-22-20-8-4-2-6-18(20)19-7-3-5-9-21(19)22/h2-9,16-17,22H,10-15H2,1H3,(H,27,32)(H,30,31)/t16-,17?,26?/m1/s1. The van der Waals surface area contributed by atoms with Crippen molar-refractivity contribution in [3.63, 3.8) is 0 Å². The van der Waals surface area contributed by atoms with Gasteiger partial charge in [-0.3, -0.25) is 4.79 Å². The summed E-state index contributed by atoms with van der Waals surface area (Å²) in [7, 11) is 0. The minimum atomic E-state index is -1.06. The van der Waals surface area contributed by atoms with Gasteiger partial charge in [-0.05, 0) is 54.9 Å². The van der Waals surface area contributed by atoms with Crippen LogP contribution in [0, 0.1) is 0 Å². The number of rotatable bonds is 6. The fourth-order valence-corrected chi connectivity index (χ4v) is 5.94. The number of carboxylic acid groups (broad SMARTS) is 1. The van der Waals surface area contributed by atoms with E-state index in [-0.39, 0.29) is 30.9 Å². The smallest absolute Gasteiger partial charge is 0.407 e. The highest BCUT2D eigenvalue weighted by Crippen LogP contribution is 2.47. The lowest BCUT2D eigenvalue weighted by Gasteiger charge is -2.31. The number of hydrogen-bond acceptors (Lipinski definition) is 4. The van der Waals surface area contributed by atoms with Crippen molar-refractivity contribution in [3.05, 3.63) is 59.7 Å². The lowest BCUT2D eigenvalue weighted by Crippen LogP contribution is -2.52. The average Bonchev–Trinajstić information content (AvgIpc) is 3.46. The molecule has 7 nitrogen and oxygen atoms in total. The number of benzene rings is 2. The number of hydrogen-bond donors (Lipinski definition) is 2. The summed E-state index contributed by atoms with van der Waals surface area (Å²) in [5, 5.41) is 12.5. The second-order valence-electron chi connectivity index (χ2n) is 9.41. The van der Waals surface area contributed by atoms with Crippen molar-refractivity contribution in [2.75, 3.05) is 6.61 Å². The van der Waals surface area contributed by atoms with Crippen LogP contribution in [0.15, 0.2) is 48.5 Å². The van der Waals surface area contributed by atoms with E-state index in [1.54, 1.807) is 11.8 Å². The Morgan fingerprint density at radius 3 is 2.21 bits per heavy atom. The van der Waals surface area contributed by atoms with Gasteiger partial charge >= 0.3 is 12.1 Å². The quantitative estimate of drug-likeness (QED) is 0.699. The van der Waals surface area contributed by atoms with Crippen molar-refractivity contribution in [1.82, 2.24) is 10.2 Å². The molecule has 2 bridgehead atoms. The summed E-state index contributed by atoms with van der Waals surface area (Å²) in [5.41, 5.74) is 3.53. The Hall–Kier alpha value is -3.35. The second kappa shape index (κ2) is 8.21. The van der Waals surface area contributed by atoms with Crippen LogP contribution < -0.4 is 5.32 Å². The Balaban J connectivity index is 1.19. The monoisotopic (exact) mass is 448 g/mol. The third-order valence-electron chi connectivity index (χ3n) is 7.46. The minimum absolute atomic E-state index is 0.00439. The van der Waals surface area contributed by atoms with Gasteiger partial charge < -0.3 is 20.1 Å². The molecular weight excluding hydrogens is 420 g/mol. The Morgan fingerprint density at radius 2 is 1.64 bits per heavy atom. The minimum Gasteiger partial charge on any atom is -0.479 e. The summed E-state index contributed by atoms with van der Waals surface area (Å²) >= 11 is 0. The Bertz CT molecular complexity index is 1060. The lowest BCUT2D eigenvalue weighted by atomic mass is 9.88. The molecule has 2 aromatic rings. The summed E-state index contributed by atoms with van der Waals surface area (Å²) < 4.78 is 5.56. The van der Waals surface area contributed by atoms with Crippen LogP contribution in [0.5, 0.6) is 0 Å². The van der Waals surface area contributed by atoms with Gasteiger partial charge in [0, 0.05) is 24.4 Å². The molecule has 2 fully saturated rings. The molecule has 2 N–H and O–H groups in total. The summed E-state index contributed by atoms with van der Waals surface area (Å²) in [6.07, 6.45) is 1.95. The largest absolute Gasteiger partial charge is 0.479 e. The van der Waals surface area contributed by atoms with E-state index in [0.717, 1.165) is 35.1 Å². The van der Waals surface area contributed by atoms with E-state index in [4.69, 9.17) is 4.74 Å². The zero-order chi connectivity index (χ0) is 23.2. The fraction of sp³-hybridized carbons (Fsp3) is 0.423. The lowest BCUT2D eigenvalue weighted by molar-refractivity contribution is -0.155. The van der Waals surface area contributed by atoms with Crippen LogP contribution in [0.4, 0.5) is 4.79 Å². The zero-order valence-electron chi connectivity index (χ0n) is 18.6. The fourth-order valence-electron chi connectivity index (χ4n) is 5.94. The van der Waals surface area contributed by atoms with E-state index >= 15 is 0 Å². The molecule has 5 rings (SSSR count). The van der Waals surface area contributed by atoms with Gasteiger partial charge in [-0.1, -0.05) is 48.5 Å². The molecule has 172 valence electrons. The summed E-state index contributed by atoms with van der Waals surface area (Å²) in [5.74, 6) is -1.17. The molecular formula is C26H28N2O5. The van der Waals surface area contributed by atoms with Crippen LogP contribution in [0.2, 0.25) is 0 Å². The molecule has 33 heavy (non-hydrogen) atoms. The van der Waals surface area contributed by atoms with E-state index in [9.17, 15) is 19.5 Å². The number of aliphatic carboxylic acids is 1. The first kappa shape index (κ1) is 21.5. The molecule has 2 saturated heterocycles. The Kier molecular flexibility index (Phi) is 5.35. The molecule has 0 aromatic heterocycles. The van der Waals surface area contributed by atoms with Gasteiger partial charge in [0.1, 0.15) is 12.1 Å². The molecule has 1 atom stereocenters. The number of ether oxygens (including phenoxy) is 1. The maximum absolute atomic E-state index is 12.9. The van der Waals surface area contributed by atoms with Gasteiger partial charge in [0.25, 0.3) is 0 Å². The summed E-state index contributed by atoms with van der Waals surface area (Å²) in [4.78, 5) is 38.8. The molecule has 7 heteroatoms. The van der Waals surface area contributed by atoms with Crippen LogP contribution >= 0.6 is 0 Å². The molecule has 2 aromatic carbocycles. The predicted octanol–water partition coefficient (Wildman–Crippen LogP) is 3.91. The summed E-state index contributed by atoms with van der Waals surface area (Å²) in [6.45, 7) is 1.95. The SMILES string of the molecule is C[C@H](CC(=O)N1C2CCC1(C(=O)O)CC2)NC(=O)OCC1c2ccccc2-c2ccccc21. The Labute approximate surface area is 192 Å². The molecule has 0 unspecified atom stereocenters. The number of amides is 2.